The fourth-order valence-electron chi connectivity index (χ4n) is 7.70. The number of amides is 8. The normalized spacial score (nSPS) is 17.2. The van der Waals surface area contributed by atoms with Gasteiger partial charge in [-0.1, -0.05) is 42.8 Å². The van der Waals surface area contributed by atoms with Gasteiger partial charge in [-0.25, -0.2) is 9.36 Å². The Hall–Kier alpha value is -6.22. The number of nitrogens with two attached hydrogens (primary N) is 3. The molecule has 2 aliphatic rings. The van der Waals surface area contributed by atoms with Gasteiger partial charge in [-0.2, -0.15) is 11.8 Å². The predicted molar refractivity (Wildman–Crippen MR) is 285 cm³/mol. The molecular weight excluding hydrogens is 1050 g/mol. The summed E-state index contributed by atoms with van der Waals surface area (Å²) in [5, 5.41) is 29.4. The van der Waals surface area contributed by atoms with E-state index in [2.05, 4.69) is 42.2 Å². The first kappa shape index (κ1) is 63.3. The highest BCUT2D eigenvalue weighted by Gasteiger charge is 2.43. The Bertz CT molecular complexity index is 2190. The lowest BCUT2D eigenvalue weighted by Crippen LogP contribution is -2.58. The number of primary amides is 1. The maximum absolute atomic E-state index is 14.4. The topological polar surface area (TPSA) is 387 Å². The SMILES string of the molecule is CC(NC(=O)[C@H](CCCN=C(N)N)NC(=O)[C@H](CO)NC(=O)[C@H](CCC(N)=O)NC(=O)CCOCCOCCOCCOCCNC(=O)CCCC[C@@H]1SC[C@@H]2NC(=O)N[C@@H]21)P(=O)(Oc1ccccc1)Oc1ccccc1. The molecular formula is C49H76N11O15PS. The number of aliphatic hydroxyl groups excluding tert-OH is 1. The minimum absolute atomic E-state index is 0.0249. The molecule has 428 valence electrons. The maximum atomic E-state index is 14.4. The Morgan fingerprint density at radius 1 is 0.688 bits per heavy atom. The van der Waals surface area contributed by atoms with Crippen molar-refractivity contribution in [3.05, 3.63) is 60.7 Å². The Labute approximate surface area is 452 Å². The van der Waals surface area contributed by atoms with Gasteiger partial charge in [0.1, 0.15) is 29.6 Å². The van der Waals surface area contributed by atoms with E-state index in [0.29, 0.717) is 44.6 Å². The van der Waals surface area contributed by atoms with Gasteiger partial charge in [-0.3, -0.25) is 33.8 Å². The van der Waals surface area contributed by atoms with Gasteiger partial charge >= 0.3 is 13.6 Å². The highest BCUT2D eigenvalue weighted by molar-refractivity contribution is 8.00. The molecule has 0 aliphatic carbocycles. The summed E-state index contributed by atoms with van der Waals surface area (Å²) in [6.45, 7) is 2.83. The van der Waals surface area contributed by atoms with Crippen LogP contribution in [0.3, 0.4) is 0 Å². The molecule has 0 spiro atoms. The van der Waals surface area contributed by atoms with Crippen LogP contribution in [0.2, 0.25) is 0 Å². The smallest absolute Gasteiger partial charge is 0.415 e. The predicted octanol–water partition coefficient (Wildman–Crippen LogP) is -0.136. The average Bonchev–Trinajstić information content (AvgIpc) is 3.96. The van der Waals surface area contributed by atoms with Crippen molar-refractivity contribution < 1.29 is 71.2 Å². The summed E-state index contributed by atoms with van der Waals surface area (Å²) in [7, 11) is -4.23. The van der Waals surface area contributed by atoms with Crippen LogP contribution in [0.25, 0.3) is 0 Å². The van der Waals surface area contributed by atoms with E-state index in [4.69, 9.17) is 45.2 Å². The molecule has 0 bridgehead atoms. The van der Waals surface area contributed by atoms with Gasteiger partial charge in [0.05, 0.1) is 71.5 Å². The highest BCUT2D eigenvalue weighted by Crippen LogP contribution is 2.51. The van der Waals surface area contributed by atoms with Gasteiger partial charge in [-0.05, 0) is 63.3 Å². The van der Waals surface area contributed by atoms with E-state index in [9.17, 15) is 43.2 Å². The number of rotatable bonds is 40. The van der Waals surface area contributed by atoms with Crippen LogP contribution < -0.4 is 63.5 Å². The van der Waals surface area contributed by atoms with E-state index in [1.165, 1.54) is 6.92 Å². The van der Waals surface area contributed by atoms with Crippen LogP contribution in [0.5, 0.6) is 11.5 Å². The summed E-state index contributed by atoms with van der Waals surface area (Å²) in [5.74, 6) is -4.36. The molecule has 77 heavy (non-hydrogen) atoms. The van der Waals surface area contributed by atoms with Crippen molar-refractivity contribution >= 4 is 66.8 Å². The fraction of sp³-hybridized carbons (Fsp3) is 0.592. The molecule has 2 saturated heterocycles. The summed E-state index contributed by atoms with van der Waals surface area (Å²) in [4.78, 5) is 93.2. The van der Waals surface area contributed by atoms with Gasteiger partial charge in [0.2, 0.25) is 35.4 Å². The van der Waals surface area contributed by atoms with Crippen LogP contribution in [0, 0.1) is 0 Å². The van der Waals surface area contributed by atoms with Crippen LogP contribution in [0.1, 0.15) is 64.7 Å². The van der Waals surface area contributed by atoms with Gasteiger partial charge in [0, 0.05) is 43.4 Å². The Balaban J connectivity index is 1.12. The molecule has 2 aliphatic heterocycles. The number of hydrogen-bond acceptors (Lipinski definition) is 17. The van der Waals surface area contributed by atoms with Gasteiger partial charge in [-0.15, -0.1) is 0 Å². The Morgan fingerprint density at radius 2 is 1.25 bits per heavy atom. The van der Waals surface area contributed by atoms with Gasteiger partial charge < -0.3 is 87.5 Å². The number of nitrogens with one attached hydrogen (secondary N) is 7. The van der Waals surface area contributed by atoms with Crippen LogP contribution in [-0.2, 0) is 52.3 Å². The average molecular weight is 1120 g/mol. The van der Waals surface area contributed by atoms with Gasteiger partial charge in [0.25, 0.3) is 0 Å². The number of fused-ring (bicyclic) bond motifs is 1. The quantitative estimate of drug-likeness (QED) is 0.0136. The third-order valence-corrected chi connectivity index (χ3v) is 15.3. The zero-order valence-corrected chi connectivity index (χ0v) is 45.1. The molecule has 8 amide bonds. The third-order valence-electron chi connectivity index (χ3n) is 11.7. The number of carbonyl (C=O) groups is 7. The first-order chi connectivity index (χ1) is 37.1. The van der Waals surface area contributed by atoms with Crippen LogP contribution in [0.15, 0.2) is 65.7 Å². The number of unbranched alkanes of at least 4 members (excludes halogenated alkanes) is 1. The Kier molecular flexibility index (Phi) is 29.0. The summed E-state index contributed by atoms with van der Waals surface area (Å²) in [5.41, 5.74) is 16.2. The minimum Gasteiger partial charge on any atom is -0.415 e. The Morgan fingerprint density at radius 3 is 1.84 bits per heavy atom. The lowest BCUT2D eigenvalue weighted by molar-refractivity contribution is -0.135. The van der Waals surface area contributed by atoms with E-state index < -0.39 is 67.6 Å². The molecule has 2 aromatic rings. The number of nitrogens with zero attached hydrogens (tertiary/aromatic N) is 1. The van der Waals surface area contributed by atoms with Crippen molar-refractivity contribution in [1.29, 1.82) is 0 Å². The number of hydrogen-bond donors (Lipinski definition) is 11. The number of aliphatic imine (C=N–C) groups is 1. The largest absolute Gasteiger partial charge is 0.452 e. The molecule has 2 aromatic carbocycles. The van der Waals surface area contributed by atoms with Crippen LogP contribution >= 0.6 is 19.4 Å². The molecule has 4 rings (SSSR count). The molecule has 0 saturated carbocycles. The number of guanidine groups is 1. The van der Waals surface area contributed by atoms with Crippen molar-refractivity contribution in [2.75, 3.05) is 78.3 Å². The number of carbonyl (C=O) groups excluding carboxylic acids is 7. The second kappa shape index (κ2) is 35.2. The molecule has 2 fully saturated rings. The number of urea groups is 1. The zero-order chi connectivity index (χ0) is 55.8. The standard InChI is InChI=1S/C49H76N11O15PS/c1-33(76(69,74-34-11-4-2-5-12-34)75-35-13-6-3-7-14-35)55-45(65)36(15-10-21-54-48(51)52)57-47(67)38(31-61)58-46(66)37(18-19-41(50)62)56-43(64)20-23-70-25-27-72-29-30-73-28-26-71-24-22-53-42(63)17-9-8-16-40-44-39(32-77-40)59-49(68)60-44/h2-7,11-14,33,36-40,44,61H,8-10,15-32H2,1H3,(H2,50,62)(H,53,63)(H,55,65)(H,56,64)(H,57,67)(H,58,66)(H4,51,52,54)(H2,59,60,68)/t33?,36-,37-,38-,39-,40-,44-/m0/s1. The van der Waals surface area contributed by atoms with E-state index in [0.717, 1.165) is 25.0 Å². The molecule has 7 atom stereocenters. The monoisotopic (exact) mass is 1120 g/mol. The molecule has 28 heteroatoms. The highest BCUT2D eigenvalue weighted by atomic mass is 32.2. The summed E-state index contributed by atoms with van der Waals surface area (Å²) >= 11 is 1.86. The summed E-state index contributed by atoms with van der Waals surface area (Å²) < 4.78 is 48.0. The van der Waals surface area contributed by atoms with E-state index in [1.807, 2.05) is 11.8 Å². The maximum Gasteiger partial charge on any atom is 0.452 e. The second-order valence-electron chi connectivity index (χ2n) is 17.8. The molecule has 26 nitrogen and oxygen atoms in total. The molecule has 2 heterocycles. The lowest BCUT2D eigenvalue weighted by atomic mass is 10.0. The number of ether oxygens (including phenoxy) is 4. The minimum atomic E-state index is -4.23. The van der Waals surface area contributed by atoms with Crippen LogP contribution in [-0.4, -0.2) is 172 Å². The number of benzene rings is 2. The van der Waals surface area contributed by atoms with Crippen molar-refractivity contribution in [3.8, 4) is 11.5 Å². The van der Waals surface area contributed by atoms with Crippen molar-refractivity contribution in [2.24, 2.45) is 22.2 Å². The fourth-order valence-corrected chi connectivity index (χ4v) is 10.7. The molecule has 14 N–H and O–H groups in total. The number of aliphatic hydroxyl groups is 1. The molecule has 0 aromatic heterocycles. The lowest BCUT2D eigenvalue weighted by Gasteiger charge is -2.28. The third kappa shape index (κ3) is 24.8. The first-order valence-electron chi connectivity index (χ1n) is 25.6. The molecule has 1 unspecified atom stereocenters. The summed E-state index contributed by atoms with van der Waals surface area (Å²) in [6, 6.07) is 12.2. The van der Waals surface area contributed by atoms with Crippen molar-refractivity contribution in [3.63, 3.8) is 0 Å². The molecule has 0 radical (unpaired) electrons. The van der Waals surface area contributed by atoms with Gasteiger partial charge in [0.15, 0.2) is 11.7 Å². The van der Waals surface area contributed by atoms with E-state index in [-0.39, 0.29) is 107 Å². The number of thioether (sulfide) groups is 1. The zero-order valence-electron chi connectivity index (χ0n) is 43.4. The van der Waals surface area contributed by atoms with Crippen molar-refractivity contribution in [1.82, 2.24) is 37.2 Å². The first-order valence-corrected chi connectivity index (χ1v) is 28.2. The van der Waals surface area contributed by atoms with Crippen molar-refractivity contribution in [2.45, 2.75) is 106 Å². The summed E-state index contributed by atoms with van der Waals surface area (Å²) in [6.07, 6.45) is 2.45. The van der Waals surface area contributed by atoms with Crippen LogP contribution in [0.4, 0.5) is 4.79 Å². The number of para-hydroxylation sites is 2. The second-order valence-corrected chi connectivity index (χ2v) is 21.3. The van der Waals surface area contributed by atoms with E-state index >= 15 is 0 Å². The van der Waals surface area contributed by atoms with E-state index in [1.54, 1.807) is 60.7 Å².